The maximum Gasteiger partial charge on any atom is 0.126 e. The molecule has 114 valence electrons. The molecule has 6 heteroatoms. The molecular weight excluding hydrogens is 284 g/mol. The Hall–Kier alpha value is -1.53. The van der Waals surface area contributed by atoms with Crippen molar-refractivity contribution in [2.75, 3.05) is 17.7 Å². The molecule has 0 aliphatic heterocycles. The van der Waals surface area contributed by atoms with Crippen LogP contribution in [0.3, 0.4) is 0 Å². The van der Waals surface area contributed by atoms with Crippen LogP contribution in [0.2, 0.25) is 0 Å². The molecule has 0 spiro atoms. The third-order valence-electron chi connectivity index (χ3n) is 3.07. The number of aliphatic hydroxyl groups excluding tert-OH is 1. The highest BCUT2D eigenvalue weighted by molar-refractivity contribution is 7.98. The number of aryl methyl sites for hydroxylation is 1. The van der Waals surface area contributed by atoms with Gasteiger partial charge in [-0.25, -0.2) is 4.98 Å². The maximum atomic E-state index is 8.80. The molecule has 1 unspecified atom stereocenters. The molecule has 0 aliphatic carbocycles. The number of nitrogens with one attached hydrogen (secondary N) is 1. The van der Waals surface area contributed by atoms with E-state index >= 15 is 0 Å². The van der Waals surface area contributed by atoms with Crippen molar-refractivity contribution in [3.05, 3.63) is 42.4 Å². The predicted octanol–water partition coefficient (Wildman–Crippen LogP) is 2.39. The van der Waals surface area contributed by atoms with E-state index in [-0.39, 0.29) is 6.61 Å². The number of rotatable bonds is 9. The molecule has 1 atom stereocenters. The third-order valence-corrected chi connectivity index (χ3v) is 4.08. The lowest BCUT2D eigenvalue weighted by atomic mass is 10.2. The quantitative estimate of drug-likeness (QED) is 0.697. The molecule has 2 N–H and O–H groups in total. The Morgan fingerprint density at radius 3 is 3.10 bits per heavy atom. The predicted molar refractivity (Wildman–Crippen MR) is 87.4 cm³/mol. The van der Waals surface area contributed by atoms with Crippen molar-refractivity contribution < 1.29 is 5.11 Å². The van der Waals surface area contributed by atoms with Gasteiger partial charge in [0, 0.05) is 42.7 Å². The van der Waals surface area contributed by atoms with E-state index in [1.807, 2.05) is 29.2 Å². The number of anilines is 1. The Bertz CT molecular complexity index is 518. The molecule has 0 radical (unpaired) electrons. The van der Waals surface area contributed by atoms with Crippen LogP contribution in [-0.4, -0.2) is 38.3 Å². The van der Waals surface area contributed by atoms with Crippen LogP contribution in [0.4, 0.5) is 5.82 Å². The molecule has 21 heavy (non-hydrogen) atoms. The number of thioether (sulfide) groups is 1. The fourth-order valence-electron chi connectivity index (χ4n) is 1.98. The van der Waals surface area contributed by atoms with E-state index in [0.29, 0.717) is 6.04 Å². The van der Waals surface area contributed by atoms with Gasteiger partial charge in [0.05, 0.1) is 6.61 Å². The Kier molecular flexibility index (Phi) is 6.56. The first kappa shape index (κ1) is 15.9. The zero-order chi connectivity index (χ0) is 14.9. The molecule has 2 heterocycles. The highest BCUT2D eigenvalue weighted by atomic mass is 32.2. The summed E-state index contributed by atoms with van der Waals surface area (Å²) in [4.78, 5) is 4.36. The Morgan fingerprint density at radius 2 is 2.33 bits per heavy atom. The molecular formula is C15H22N4OS. The largest absolute Gasteiger partial charge is 0.396 e. The van der Waals surface area contributed by atoms with Crippen LogP contribution in [0.5, 0.6) is 0 Å². The van der Waals surface area contributed by atoms with Crippen LogP contribution >= 0.6 is 11.8 Å². The van der Waals surface area contributed by atoms with Gasteiger partial charge >= 0.3 is 0 Å². The van der Waals surface area contributed by atoms with Gasteiger partial charge in [0.2, 0.25) is 0 Å². The first-order valence-electron chi connectivity index (χ1n) is 7.15. The van der Waals surface area contributed by atoms with Gasteiger partial charge in [-0.15, -0.1) is 0 Å². The topological polar surface area (TPSA) is 63.0 Å². The summed E-state index contributed by atoms with van der Waals surface area (Å²) in [5, 5.41) is 16.4. The molecule has 0 saturated carbocycles. The standard InChI is InChI=1S/C15H22N4OS/c1-13(4-8-19-7-2-5-17-19)18-15-11-14(3-6-16-15)12-21-10-9-20/h2-3,5-7,11,13,20H,4,8-10,12H2,1H3,(H,16,18). The SMILES string of the molecule is CC(CCn1cccn1)Nc1cc(CSCCO)ccn1. The number of hydrogen-bond donors (Lipinski definition) is 2. The van der Waals surface area contributed by atoms with Gasteiger partial charge in [-0.3, -0.25) is 4.68 Å². The van der Waals surface area contributed by atoms with Crippen LogP contribution in [0.1, 0.15) is 18.9 Å². The van der Waals surface area contributed by atoms with Crippen LogP contribution in [-0.2, 0) is 12.3 Å². The van der Waals surface area contributed by atoms with Crippen LogP contribution in [0, 0.1) is 0 Å². The zero-order valence-corrected chi connectivity index (χ0v) is 13.1. The minimum absolute atomic E-state index is 0.227. The van der Waals surface area contributed by atoms with Crippen molar-refractivity contribution in [1.29, 1.82) is 0 Å². The summed E-state index contributed by atoms with van der Waals surface area (Å²) in [6.07, 6.45) is 6.60. The minimum Gasteiger partial charge on any atom is -0.396 e. The van der Waals surface area contributed by atoms with Crippen molar-refractivity contribution >= 4 is 17.6 Å². The molecule has 0 aromatic carbocycles. The fourth-order valence-corrected chi connectivity index (χ4v) is 2.67. The summed E-state index contributed by atoms with van der Waals surface area (Å²) in [6, 6.07) is 6.37. The van der Waals surface area contributed by atoms with Crippen molar-refractivity contribution in [1.82, 2.24) is 14.8 Å². The summed E-state index contributed by atoms with van der Waals surface area (Å²) >= 11 is 1.73. The van der Waals surface area contributed by atoms with Crippen molar-refractivity contribution in [2.45, 2.75) is 31.7 Å². The highest BCUT2D eigenvalue weighted by Crippen LogP contribution is 2.15. The summed E-state index contributed by atoms with van der Waals surface area (Å²) in [7, 11) is 0. The second-order valence-corrected chi connectivity index (χ2v) is 6.03. The second kappa shape index (κ2) is 8.69. The van der Waals surface area contributed by atoms with Gasteiger partial charge in [0.1, 0.15) is 5.82 Å². The third kappa shape index (κ3) is 5.77. The molecule has 0 amide bonds. The van der Waals surface area contributed by atoms with Crippen LogP contribution in [0.15, 0.2) is 36.8 Å². The summed E-state index contributed by atoms with van der Waals surface area (Å²) < 4.78 is 1.94. The average Bonchev–Trinajstić information content (AvgIpc) is 2.99. The van der Waals surface area contributed by atoms with Crippen molar-refractivity contribution in [3.63, 3.8) is 0 Å². The highest BCUT2D eigenvalue weighted by Gasteiger charge is 2.04. The molecule has 0 fully saturated rings. The van der Waals surface area contributed by atoms with Gasteiger partial charge in [-0.1, -0.05) is 0 Å². The zero-order valence-electron chi connectivity index (χ0n) is 12.3. The lowest BCUT2D eigenvalue weighted by molar-refractivity contribution is 0.322. The average molecular weight is 306 g/mol. The number of hydrogen-bond acceptors (Lipinski definition) is 5. The smallest absolute Gasteiger partial charge is 0.126 e. The Morgan fingerprint density at radius 1 is 1.43 bits per heavy atom. The Balaban J connectivity index is 1.79. The van der Waals surface area contributed by atoms with E-state index in [9.17, 15) is 0 Å². The van der Waals surface area contributed by atoms with Crippen molar-refractivity contribution in [3.8, 4) is 0 Å². The molecule has 5 nitrogen and oxygen atoms in total. The Labute approximate surface area is 129 Å². The van der Waals surface area contributed by atoms with E-state index in [1.165, 1.54) is 5.56 Å². The van der Waals surface area contributed by atoms with Gasteiger partial charge in [0.15, 0.2) is 0 Å². The van der Waals surface area contributed by atoms with Gasteiger partial charge in [0.25, 0.3) is 0 Å². The minimum atomic E-state index is 0.227. The number of nitrogens with zero attached hydrogens (tertiary/aromatic N) is 3. The van der Waals surface area contributed by atoms with Gasteiger partial charge in [-0.05, 0) is 37.1 Å². The first-order valence-corrected chi connectivity index (χ1v) is 8.31. The van der Waals surface area contributed by atoms with E-state index in [4.69, 9.17) is 5.11 Å². The van der Waals surface area contributed by atoms with E-state index in [1.54, 1.807) is 18.0 Å². The molecule has 0 bridgehead atoms. The molecule has 0 saturated heterocycles. The lowest BCUT2D eigenvalue weighted by Crippen LogP contribution is -2.18. The summed E-state index contributed by atoms with van der Waals surface area (Å²) in [5.74, 6) is 2.58. The molecule has 0 aliphatic rings. The van der Waals surface area contributed by atoms with E-state index in [2.05, 4.69) is 28.4 Å². The fraction of sp³-hybridized carbons (Fsp3) is 0.467. The number of aromatic nitrogens is 3. The second-order valence-electron chi connectivity index (χ2n) is 4.93. The summed E-state index contributed by atoms with van der Waals surface area (Å²) in [5.41, 5.74) is 1.23. The van der Waals surface area contributed by atoms with Crippen LogP contribution < -0.4 is 5.32 Å². The van der Waals surface area contributed by atoms with Gasteiger partial charge < -0.3 is 10.4 Å². The van der Waals surface area contributed by atoms with Gasteiger partial charge in [-0.2, -0.15) is 16.9 Å². The lowest BCUT2D eigenvalue weighted by Gasteiger charge is -2.15. The maximum absolute atomic E-state index is 8.80. The normalized spacial score (nSPS) is 12.3. The number of aliphatic hydroxyl groups is 1. The monoisotopic (exact) mass is 306 g/mol. The van der Waals surface area contributed by atoms with Crippen LogP contribution in [0.25, 0.3) is 0 Å². The van der Waals surface area contributed by atoms with Crippen molar-refractivity contribution in [2.24, 2.45) is 0 Å². The first-order chi connectivity index (χ1) is 10.3. The summed E-state index contributed by atoms with van der Waals surface area (Å²) in [6.45, 7) is 3.27. The molecule has 2 aromatic rings. The molecule has 2 aromatic heterocycles. The van der Waals surface area contributed by atoms with E-state index < -0.39 is 0 Å². The number of pyridine rings is 1. The van der Waals surface area contributed by atoms with E-state index in [0.717, 1.165) is 30.3 Å². The molecule has 2 rings (SSSR count).